The molecule has 1 atom stereocenters. The highest BCUT2D eigenvalue weighted by molar-refractivity contribution is 7.85. The van der Waals surface area contributed by atoms with Gasteiger partial charge >= 0.3 is 0 Å². The third-order valence-electron chi connectivity index (χ3n) is 4.89. The Bertz CT molecular complexity index is 1330. The molecule has 0 fully saturated rings. The number of methoxy groups -OCH3 is 1. The first-order valence-corrected chi connectivity index (χ1v) is 10.7. The SMILES string of the molecule is COc1cccc2c1nc(N)n1nc(CC(C)Cc3ccc(S(=O)(=O)O)cc3)nc21. The van der Waals surface area contributed by atoms with Gasteiger partial charge in [0.1, 0.15) is 11.3 Å². The van der Waals surface area contributed by atoms with Crippen LogP contribution in [0.15, 0.2) is 47.4 Å². The Hall–Kier alpha value is -3.24. The highest BCUT2D eigenvalue weighted by atomic mass is 32.2. The summed E-state index contributed by atoms with van der Waals surface area (Å²) in [6, 6.07) is 11.8. The van der Waals surface area contributed by atoms with Crippen LogP contribution in [0.1, 0.15) is 18.3 Å². The number of nitrogen functional groups attached to an aromatic ring is 1. The summed E-state index contributed by atoms with van der Waals surface area (Å²) in [4.78, 5) is 8.96. The van der Waals surface area contributed by atoms with Gasteiger partial charge in [0.25, 0.3) is 10.1 Å². The fourth-order valence-corrected chi connectivity index (χ4v) is 3.98. The Morgan fingerprint density at radius 2 is 1.87 bits per heavy atom. The van der Waals surface area contributed by atoms with Crippen LogP contribution in [0.25, 0.3) is 16.6 Å². The van der Waals surface area contributed by atoms with Crippen molar-refractivity contribution in [1.29, 1.82) is 0 Å². The third kappa shape index (κ3) is 3.79. The molecule has 4 rings (SSSR count). The second-order valence-corrected chi connectivity index (χ2v) is 8.64. The van der Waals surface area contributed by atoms with Gasteiger partial charge in [-0.05, 0) is 42.2 Å². The van der Waals surface area contributed by atoms with Gasteiger partial charge in [-0.25, -0.2) is 9.97 Å². The van der Waals surface area contributed by atoms with E-state index in [4.69, 9.17) is 15.0 Å². The van der Waals surface area contributed by atoms with Crippen LogP contribution in [0.3, 0.4) is 0 Å². The molecule has 0 bridgehead atoms. The Balaban J connectivity index is 1.59. The van der Waals surface area contributed by atoms with E-state index in [1.165, 1.54) is 16.6 Å². The molecule has 9 nitrogen and oxygen atoms in total. The van der Waals surface area contributed by atoms with Crippen LogP contribution in [-0.2, 0) is 23.0 Å². The van der Waals surface area contributed by atoms with Gasteiger partial charge in [-0.1, -0.05) is 25.1 Å². The van der Waals surface area contributed by atoms with Crippen molar-refractivity contribution in [2.24, 2.45) is 5.92 Å². The summed E-state index contributed by atoms with van der Waals surface area (Å²) in [5.41, 5.74) is 8.30. The standard InChI is InChI=1S/C20H21N5O4S/c1-12(10-13-6-8-14(9-7-13)30(26,27)28)11-17-22-19-15-4-3-5-16(29-2)18(15)23-20(21)25(19)24-17/h3-9,12H,10-11H2,1-2H3,(H2,21,23)(H,26,27,28). The number of hydrogen-bond donors (Lipinski definition) is 2. The largest absolute Gasteiger partial charge is 0.494 e. The molecule has 0 radical (unpaired) electrons. The number of para-hydroxylation sites is 1. The Morgan fingerprint density at radius 3 is 2.53 bits per heavy atom. The number of nitrogens with two attached hydrogens (primary N) is 1. The average molecular weight is 427 g/mol. The normalized spacial score (nSPS) is 13.0. The van der Waals surface area contributed by atoms with Gasteiger partial charge in [-0.2, -0.15) is 12.9 Å². The van der Waals surface area contributed by atoms with E-state index in [0.29, 0.717) is 35.6 Å². The lowest BCUT2D eigenvalue weighted by Crippen LogP contribution is -2.07. The summed E-state index contributed by atoms with van der Waals surface area (Å²) in [6.07, 6.45) is 1.30. The van der Waals surface area contributed by atoms with Crippen LogP contribution >= 0.6 is 0 Å². The topological polar surface area (TPSA) is 133 Å². The number of benzene rings is 2. The summed E-state index contributed by atoms with van der Waals surface area (Å²) in [5, 5.41) is 5.31. The molecule has 2 aromatic heterocycles. The van der Waals surface area contributed by atoms with Gasteiger partial charge < -0.3 is 10.5 Å². The van der Waals surface area contributed by atoms with Crippen LogP contribution in [0.2, 0.25) is 0 Å². The fraction of sp³-hybridized carbons (Fsp3) is 0.250. The summed E-state index contributed by atoms with van der Waals surface area (Å²) < 4.78 is 38.3. The Morgan fingerprint density at radius 1 is 1.13 bits per heavy atom. The minimum Gasteiger partial charge on any atom is -0.494 e. The van der Waals surface area contributed by atoms with Gasteiger partial charge in [0.2, 0.25) is 5.95 Å². The predicted octanol–water partition coefficient (Wildman–Crippen LogP) is 2.54. The first-order chi connectivity index (χ1) is 14.3. The molecule has 0 saturated heterocycles. The predicted molar refractivity (Wildman–Crippen MR) is 112 cm³/mol. The van der Waals surface area contributed by atoms with Gasteiger partial charge in [0.05, 0.1) is 12.0 Å². The summed E-state index contributed by atoms with van der Waals surface area (Å²) >= 11 is 0. The second kappa shape index (κ2) is 7.54. The maximum absolute atomic E-state index is 11.2. The van der Waals surface area contributed by atoms with Crippen molar-refractivity contribution in [1.82, 2.24) is 19.6 Å². The number of nitrogens with zero attached hydrogens (tertiary/aromatic N) is 4. The maximum atomic E-state index is 11.2. The zero-order valence-electron chi connectivity index (χ0n) is 16.5. The van der Waals surface area contributed by atoms with Gasteiger partial charge in [0, 0.05) is 11.8 Å². The number of fused-ring (bicyclic) bond motifs is 3. The lowest BCUT2D eigenvalue weighted by Gasteiger charge is -2.09. The molecule has 30 heavy (non-hydrogen) atoms. The average Bonchev–Trinajstić information content (AvgIpc) is 3.12. The van der Waals surface area contributed by atoms with Crippen molar-refractivity contribution >= 4 is 32.6 Å². The van der Waals surface area contributed by atoms with E-state index in [2.05, 4.69) is 22.0 Å². The Labute approximate surface area is 173 Å². The van der Waals surface area contributed by atoms with Crippen molar-refractivity contribution in [3.63, 3.8) is 0 Å². The number of ether oxygens (including phenoxy) is 1. The molecule has 0 spiro atoms. The van der Waals surface area contributed by atoms with Crippen LogP contribution in [-0.4, -0.2) is 39.7 Å². The highest BCUT2D eigenvalue weighted by Gasteiger charge is 2.16. The summed E-state index contributed by atoms with van der Waals surface area (Å²) in [7, 11) is -2.61. The molecule has 0 aliphatic rings. The van der Waals surface area contributed by atoms with E-state index in [9.17, 15) is 8.42 Å². The van der Waals surface area contributed by atoms with Crippen LogP contribution in [0.5, 0.6) is 5.75 Å². The zero-order chi connectivity index (χ0) is 21.5. The van der Waals surface area contributed by atoms with E-state index in [1.807, 2.05) is 18.2 Å². The molecule has 2 aromatic carbocycles. The van der Waals surface area contributed by atoms with Crippen molar-refractivity contribution in [3.8, 4) is 5.75 Å². The Kier molecular flexibility index (Phi) is 5.04. The third-order valence-corrected chi connectivity index (χ3v) is 5.76. The number of hydrogen-bond acceptors (Lipinski definition) is 7. The van der Waals surface area contributed by atoms with Crippen LogP contribution in [0.4, 0.5) is 5.95 Å². The molecule has 0 saturated carbocycles. The first-order valence-electron chi connectivity index (χ1n) is 9.30. The van der Waals surface area contributed by atoms with Gasteiger partial charge in [-0.3, -0.25) is 4.55 Å². The molecule has 0 amide bonds. The van der Waals surface area contributed by atoms with Crippen molar-refractivity contribution in [2.45, 2.75) is 24.7 Å². The van der Waals surface area contributed by atoms with Gasteiger partial charge in [-0.15, -0.1) is 5.10 Å². The van der Waals surface area contributed by atoms with Crippen molar-refractivity contribution < 1.29 is 17.7 Å². The second-order valence-electron chi connectivity index (χ2n) is 7.22. The summed E-state index contributed by atoms with van der Waals surface area (Å²) in [5.74, 6) is 1.68. The van der Waals surface area contributed by atoms with E-state index < -0.39 is 10.1 Å². The fourth-order valence-electron chi connectivity index (χ4n) is 3.50. The van der Waals surface area contributed by atoms with Crippen molar-refractivity contribution in [2.75, 3.05) is 12.8 Å². The monoisotopic (exact) mass is 427 g/mol. The molecule has 0 aliphatic heterocycles. The quantitative estimate of drug-likeness (QED) is 0.449. The minimum atomic E-state index is -4.19. The molecule has 3 N–H and O–H groups in total. The molecular formula is C20H21N5O4S. The van der Waals surface area contributed by atoms with E-state index in [-0.39, 0.29) is 16.8 Å². The lowest BCUT2D eigenvalue weighted by atomic mass is 9.98. The molecule has 4 aromatic rings. The number of anilines is 1. The number of rotatable bonds is 6. The van der Waals surface area contributed by atoms with E-state index in [0.717, 1.165) is 10.9 Å². The van der Waals surface area contributed by atoms with E-state index in [1.54, 1.807) is 19.2 Å². The highest BCUT2D eigenvalue weighted by Crippen LogP contribution is 2.27. The molecule has 156 valence electrons. The van der Waals surface area contributed by atoms with E-state index >= 15 is 0 Å². The van der Waals surface area contributed by atoms with Crippen LogP contribution < -0.4 is 10.5 Å². The zero-order valence-corrected chi connectivity index (χ0v) is 17.3. The molecular weight excluding hydrogens is 406 g/mol. The lowest BCUT2D eigenvalue weighted by molar-refractivity contribution is 0.419. The molecule has 2 heterocycles. The minimum absolute atomic E-state index is 0.119. The van der Waals surface area contributed by atoms with Crippen molar-refractivity contribution in [3.05, 3.63) is 53.9 Å². The van der Waals surface area contributed by atoms with Gasteiger partial charge in [0.15, 0.2) is 11.5 Å². The molecule has 1 unspecified atom stereocenters. The molecule has 10 heteroatoms. The first kappa shape index (κ1) is 20.0. The maximum Gasteiger partial charge on any atom is 0.294 e. The van der Waals surface area contributed by atoms with Crippen LogP contribution in [0, 0.1) is 5.92 Å². The molecule has 0 aliphatic carbocycles. The smallest absolute Gasteiger partial charge is 0.294 e. The number of aromatic nitrogens is 4. The summed E-state index contributed by atoms with van der Waals surface area (Å²) in [6.45, 7) is 2.06.